The van der Waals surface area contributed by atoms with Crippen LogP contribution in [-0.4, -0.2) is 65.9 Å². The van der Waals surface area contributed by atoms with Crippen molar-refractivity contribution >= 4 is 33.5 Å². The number of nitrogens with one attached hydrogen (secondary N) is 1. The minimum Gasteiger partial charge on any atom is -0.355 e. The van der Waals surface area contributed by atoms with E-state index in [0.29, 0.717) is 44.8 Å². The number of aromatic nitrogens is 1. The van der Waals surface area contributed by atoms with Gasteiger partial charge in [-0.25, -0.2) is 4.98 Å². The summed E-state index contributed by atoms with van der Waals surface area (Å²) in [6, 6.07) is 24.2. The summed E-state index contributed by atoms with van der Waals surface area (Å²) >= 11 is 0. The highest BCUT2D eigenvalue weighted by atomic mass is 16.2. The molecule has 0 atom stereocenters. The third-order valence-electron chi connectivity index (χ3n) is 6.41. The average molecular weight is 453 g/mol. The summed E-state index contributed by atoms with van der Waals surface area (Å²) < 4.78 is 0. The molecule has 1 aliphatic heterocycles. The van der Waals surface area contributed by atoms with Crippen molar-refractivity contribution in [2.45, 2.75) is 6.92 Å². The molecule has 6 heteroatoms. The number of carbonyl (C=O) groups excluding carboxylic acids is 2. The second-order valence-electron chi connectivity index (χ2n) is 8.62. The number of hydrogen-bond acceptors (Lipinski definition) is 4. The van der Waals surface area contributed by atoms with Crippen LogP contribution in [0.15, 0.2) is 72.8 Å². The minimum absolute atomic E-state index is 0.0118. The van der Waals surface area contributed by atoms with Crippen LogP contribution in [0.1, 0.15) is 17.3 Å². The predicted octanol–water partition coefficient (Wildman–Crippen LogP) is 3.95. The average Bonchev–Trinajstić information content (AvgIpc) is 2.88. The summed E-state index contributed by atoms with van der Waals surface area (Å²) in [5, 5.41) is 5.96. The van der Waals surface area contributed by atoms with Crippen LogP contribution in [0.4, 0.5) is 0 Å². The van der Waals surface area contributed by atoms with Gasteiger partial charge in [-0.1, -0.05) is 60.7 Å². The van der Waals surface area contributed by atoms with Crippen LogP contribution in [0.25, 0.3) is 32.9 Å². The number of carbonyl (C=O) groups is 2. The molecule has 1 fully saturated rings. The highest BCUT2D eigenvalue weighted by molar-refractivity contribution is 6.08. The van der Waals surface area contributed by atoms with Crippen LogP contribution in [0.5, 0.6) is 0 Å². The molecule has 0 bridgehead atoms. The first kappa shape index (κ1) is 22.0. The summed E-state index contributed by atoms with van der Waals surface area (Å²) in [6.07, 6.45) is 0. The second kappa shape index (κ2) is 9.61. The lowest BCUT2D eigenvalue weighted by atomic mass is 9.98. The molecule has 4 aromatic rings. The first-order valence-electron chi connectivity index (χ1n) is 11.8. The van der Waals surface area contributed by atoms with E-state index in [1.165, 1.54) is 0 Å². The summed E-state index contributed by atoms with van der Waals surface area (Å²) in [5.74, 6) is 0.0416. The fraction of sp³-hybridized carbons (Fsp3) is 0.250. The Hall–Kier alpha value is -3.77. The van der Waals surface area contributed by atoms with Crippen molar-refractivity contribution in [1.29, 1.82) is 0 Å². The zero-order valence-corrected chi connectivity index (χ0v) is 19.3. The molecule has 0 aliphatic carbocycles. The van der Waals surface area contributed by atoms with Gasteiger partial charge in [0.2, 0.25) is 5.91 Å². The first-order chi connectivity index (χ1) is 16.6. The van der Waals surface area contributed by atoms with Gasteiger partial charge in [-0.3, -0.25) is 14.5 Å². The summed E-state index contributed by atoms with van der Waals surface area (Å²) in [6.45, 7) is 5.48. The summed E-state index contributed by atoms with van der Waals surface area (Å²) in [5.41, 5.74) is 3.30. The Kier molecular flexibility index (Phi) is 6.23. The van der Waals surface area contributed by atoms with E-state index in [0.717, 1.165) is 32.9 Å². The van der Waals surface area contributed by atoms with E-state index < -0.39 is 0 Å². The van der Waals surface area contributed by atoms with Crippen LogP contribution in [-0.2, 0) is 4.79 Å². The fourth-order valence-electron chi connectivity index (χ4n) is 4.67. The normalized spacial score (nSPS) is 14.4. The van der Waals surface area contributed by atoms with Crippen molar-refractivity contribution in [3.8, 4) is 11.3 Å². The van der Waals surface area contributed by atoms with E-state index in [1.807, 2.05) is 60.4 Å². The highest BCUT2D eigenvalue weighted by Gasteiger charge is 2.25. The summed E-state index contributed by atoms with van der Waals surface area (Å²) in [4.78, 5) is 34.5. The number of nitrogens with zero attached hydrogens (tertiary/aromatic N) is 3. The number of fused-ring (bicyclic) bond motifs is 2. The molecule has 6 nitrogen and oxygen atoms in total. The fourth-order valence-corrected chi connectivity index (χ4v) is 4.67. The maximum Gasteiger partial charge on any atom is 0.254 e. The molecule has 1 aromatic heterocycles. The van der Waals surface area contributed by atoms with Crippen LogP contribution in [0, 0.1) is 0 Å². The SMILES string of the molecule is CCNC(=O)CN1CCN(C(=O)c2cc(-c3cccc4ccccc34)nc3ccccc23)CC1. The van der Waals surface area contributed by atoms with Crippen molar-refractivity contribution in [1.82, 2.24) is 20.1 Å². The van der Waals surface area contributed by atoms with Gasteiger partial charge in [0.25, 0.3) is 5.91 Å². The van der Waals surface area contributed by atoms with Gasteiger partial charge in [0.15, 0.2) is 0 Å². The lowest BCUT2D eigenvalue weighted by molar-refractivity contribution is -0.122. The second-order valence-corrected chi connectivity index (χ2v) is 8.62. The Morgan fingerprint density at radius 3 is 2.38 bits per heavy atom. The molecule has 2 heterocycles. The first-order valence-corrected chi connectivity index (χ1v) is 11.8. The highest BCUT2D eigenvalue weighted by Crippen LogP contribution is 2.31. The number of para-hydroxylation sites is 1. The van der Waals surface area contributed by atoms with Gasteiger partial charge in [0, 0.05) is 43.7 Å². The molecule has 5 rings (SSSR count). The largest absolute Gasteiger partial charge is 0.355 e. The topological polar surface area (TPSA) is 65.5 Å². The minimum atomic E-state index is 0.0118. The third kappa shape index (κ3) is 4.37. The monoisotopic (exact) mass is 452 g/mol. The quantitative estimate of drug-likeness (QED) is 0.498. The zero-order chi connectivity index (χ0) is 23.5. The Bertz CT molecular complexity index is 1350. The van der Waals surface area contributed by atoms with Crippen LogP contribution in [0.2, 0.25) is 0 Å². The van der Waals surface area contributed by atoms with Crippen molar-refractivity contribution in [2.75, 3.05) is 39.3 Å². The number of benzene rings is 3. The van der Waals surface area contributed by atoms with Gasteiger partial charge in [0.1, 0.15) is 0 Å². The molecule has 1 N–H and O–H groups in total. The maximum absolute atomic E-state index is 13.7. The molecule has 3 aromatic carbocycles. The predicted molar refractivity (Wildman–Crippen MR) is 136 cm³/mol. The number of piperazine rings is 1. The van der Waals surface area contributed by atoms with E-state index >= 15 is 0 Å². The van der Waals surface area contributed by atoms with Crippen molar-refractivity contribution in [3.63, 3.8) is 0 Å². The van der Waals surface area contributed by atoms with Gasteiger partial charge >= 0.3 is 0 Å². The van der Waals surface area contributed by atoms with Crippen molar-refractivity contribution < 1.29 is 9.59 Å². The molecule has 1 saturated heterocycles. The molecular formula is C28H28N4O2. The molecule has 34 heavy (non-hydrogen) atoms. The van der Waals surface area contributed by atoms with Crippen molar-refractivity contribution in [3.05, 3.63) is 78.4 Å². The van der Waals surface area contributed by atoms with Gasteiger partial charge < -0.3 is 10.2 Å². The van der Waals surface area contributed by atoms with Crippen LogP contribution < -0.4 is 5.32 Å². The zero-order valence-electron chi connectivity index (χ0n) is 19.3. The lowest BCUT2D eigenvalue weighted by Gasteiger charge is -2.34. The number of hydrogen-bond donors (Lipinski definition) is 1. The van der Waals surface area contributed by atoms with Crippen LogP contribution >= 0.6 is 0 Å². The number of rotatable bonds is 5. The van der Waals surface area contributed by atoms with Crippen molar-refractivity contribution in [2.24, 2.45) is 0 Å². The van der Waals surface area contributed by atoms with E-state index in [1.54, 1.807) is 0 Å². The molecule has 0 radical (unpaired) electrons. The Morgan fingerprint density at radius 1 is 0.882 bits per heavy atom. The third-order valence-corrected chi connectivity index (χ3v) is 6.41. The Balaban J connectivity index is 1.47. The van der Waals surface area contributed by atoms with E-state index in [9.17, 15) is 9.59 Å². The number of likely N-dealkylation sites (N-methyl/N-ethyl adjacent to an activating group) is 1. The molecule has 0 saturated carbocycles. The molecule has 1 aliphatic rings. The lowest BCUT2D eigenvalue weighted by Crippen LogP contribution is -2.51. The van der Waals surface area contributed by atoms with Gasteiger partial charge in [-0.05, 0) is 29.8 Å². The molecule has 0 spiro atoms. The van der Waals surface area contributed by atoms with E-state index in [-0.39, 0.29) is 11.8 Å². The van der Waals surface area contributed by atoms with Gasteiger partial charge in [-0.15, -0.1) is 0 Å². The number of amides is 2. The van der Waals surface area contributed by atoms with Crippen LogP contribution in [0.3, 0.4) is 0 Å². The maximum atomic E-state index is 13.7. The Morgan fingerprint density at radius 2 is 1.59 bits per heavy atom. The van der Waals surface area contributed by atoms with Gasteiger partial charge in [0.05, 0.1) is 23.3 Å². The Labute approximate surface area is 199 Å². The number of pyridine rings is 1. The van der Waals surface area contributed by atoms with E-state index in [2.05, 4.69) is 34.5 Å². The molecular weight excluding hydrogens is 424 g/mol. The molecule has 2 amide bonds. The molecule has 0 unspecified atom stereocenters. The van der Waals surface area contributed by atoms with Gasteiger partial charge in [-0.2, -0.15) is 0 Å². The summed E-state index contributed by atoms with van der Waals surface area (Å²) in [7, 11) is 0. The van der Waals surface area contributed by atoms with E-state index in [4.69, 9.17) is 4.98 Å². The smallest absolute Gasteiger partial charge is 0.254 e. The standard InChI is InChI=1S/C28H28N4O2/c1-2-29-27(33)19-31-14-16-32(17-15-31)28(34)24-18-26(30-25-13-6-5-11-23(24)25)22-12-7-9-20-8-3-4-10-21(20)22/h3-13,18H,2,14-17,19H2,1H3,(H,29,33). The molecule has 172 valence electrons.